The molecule has 5 nitrogen and oxygen atoms in total. The van der Waals surface area contributed by atoms with Gasteiger partial charge in [-0.15, -0.1) is 0 Å². The summed E-state index contributed by atoms with van der Waals surface area (Å²) >= 11 is 0. The maximum atomic E-state index is 11.4. The van der Waals surface area contributed by atoms with Crippen LogP contribution in [0.25, 0.3) is 0 Å². The molecule has 1 aliphatic heterocycles. The molecule has 6 heteroatoms. The van der Waals surface area contributed by atoms with Crippen LogP contribution >= 0.6 is 0 Å². The van der Waals surface area contributed by atoms with E-state index in [4.69, 9.17) is 0 Å². The average molecular weight is 221 g/mol. The lowest BCUT2D eigenvalue weighted by Crippen LogP contribution is -2.47. The molecule has 0 spiro atoms. The average Bonchev–Trinajstić information content (AvgIpc) is 2.14. The molecule has 1 rings (SSSR count). The lowest BCUT2D eigenvalue weighted by molar-refractivity contribution is 0.367. The molecule has 14 heavy (non-hydrogen) atoms. The van der Waals surface area contributed by atoms with E-state index >= 15 is 0 Å². The summed E-state index contributed by atoms with van der Waals surface area (Å²) in [5, 5.41) is 3.17. The molecule has 1 saturated heterocycles. The third-order valence-electron chi connectivity index (χ3n) is 2.22. The Morgan fingerprint density at radius 3 is 2.93 bits per heavy atom. The molecule has 1 fully saturated rings. The molecular formula is C8H19N3O2S. The molecule has 84 valence electrons. The summed E-state index contributed by atoms with van der Waals surface area (Å²) in [6.45, 7) is 5.70. The summed E-state index contributed by atoms with van der Waals surface area (Å²) in [5.41, 5.74) is 0. The molecule has 0 saturated carbocycles. The van der Waals surface area contributed by atoms with Gasteiger partial charge in [-0.1, -0.05) is 6.92 Å². The van der Waals surface area contributed by atoms with E-state index in [1.807, 2.05) is 6.92 Å². The Bertz CT molecular complexity index is 253. The molecule has 0 aromatic heterocycles. The highest BCUT2D eigenvalue weighted by Gasteiger charge is 2.24. The van der Waals surface area contributed by atoms with E-state index in [2.05, 4.69) is 10.0 Å². The normalized spacial score (nSPS) is 22.4. The van der Waals surface area contributed by atoms with Crippen molar-refractivity contribution < 1.29 is 8.42 Å². The predicted octanol–water partition coefficient (Wildman–Crippen LogP) is -0.474. The minimum atomic E-state index is -3.16. The highest BCUT2D eigenvalue weighted by Crippen LogP contribution is 2.05. The largest absolute Gasteiger partial charge is 0.317 e. The van der Waals surface area contributed by atoms with E-state index in [0.29, 0.717) is 19.6 Å². The van der Waals surface area contributed by atoms with Gasteiger partial charge in [0.25, 0.3) is 10.2 Å². The van der Waals surface area contributed by atoms with Crippen LogP contribution in [-0.4, -0.2) is 45.4 Å². The summed E-state index contributed by atoms with van der Waals surface area (Å²) in [4.78, 5) is 0. The van der Waals surface area contributed by atoms with Crippen LogP contribution in [0.3, 0.4) is 0 Å². The highest BCUT2D eigenvalue weighted by atomic mass is 32.2. The molecule has 0 aliphatic carbocycles. The second-order valence-electron chi connectivity index (χ2n) is 3.36. The zero-order valence-electron chi connectivity index (χ0n) is 8.62. The fourth-order valence-corrected chi connectivity index (χ4v) is 2.78. The molecule has 2 N–H and O–H groups in total. The van der Waals surface area contributed by atoms with Gasteiger partial charge in [-0.05, 0) is 25.9 Å². The molecule has 0 aromatic rings. The van der Waals surface area contributed by atoms with Gasteiger partial charge in [0, 0.05) is 19.6 Å². The van der Waals surface area contributed by atoms with Crippen LogP contribution in [0.15, 0.2) is 0 Å². The first kappa shape index (κ1) is 11.9. The summed E-state index contributed by atoms with van der Waals surface area (Å²) in [6.07, 6.45) is 1.77. The maximum Gasteiger partial charge on any atom is 0.279 e. The number of hydrogen-bond acceptors (Lipinski definition) is 3. The van der Waals surface area contributed by atoms with Gasteiger partial charge >= 0.3 is 0 Å². The van der Waals surface area contributed by atoms with Gasteiger partial charge in [-0.3, -0.25) is 0 Å². The fourth-order valence-electron chi connectivity index (χ4n) is 1.46. The Balaban J connectivity index is 2.28. The summed E-state index contributed by atoms with van der Waals surface area (Å²) in [5.74, 6) is 0. The van der Waals surface area contributed by atoms with E-state index in [1.165, 1.54) is 4.31 Å². The Labute approximate surface area is 86.0 Å². The van der Waals surface area contributed by atoms with Crippen molar-refractivity contribution in [3.8, 4) is 0 Å². The Morgan fingerprint density at radius 1 is 1.50 bits per heavy atom. The molecular weight excluding hydrogens is 202 g/mol. The third-order valence-corrected chi connectivity index (χ3v) is 3.83. The van der Waals surface area contributed by atoms with Crippen LogP contribution in [0.1, 0.15) is 19.8 Å². The minimum absolute atomic E-state index is 0.575. The van der Waals surface area contributed by atoms with Crippen molar-refractivity contribution in [2.45, 2.75) is 19.8 Å². The van der Waals surface area contributed by atoms with Gasteiger partial charge in [-0.2, -0.15) is 12.7 Å². The van der Waals surface area contributed by atoms with Gasteiger partial charge in [0.15, 0.2) is 0 Å². The predicted molar refractivity (Wildman–Crippen MR) is 56.3 cm³/mol. The lowest BCUT2D eigenvalue weighted by Gasteiger charge is -2.26. The zero-order valence-corrected chi connectivity index (χ0v) is 9.44. The van der Waals surface area contributed by atoms with Crippen LogP contribution in [0.4, 0.5) is 0 Å². The second kappa shape index (κ2) is 5.65. The maximum absolute atomic E-state index is 11.4. The molecule has 0 bridgehead atoms. The Hall–Kier alpha value is -0.170. The van der Waals surface area contributed by atoms with Crippen LogP contribution in [0, 0.1) is 0 Å². The molecule has 0 amide bonds. The number of nitrogens with one attached hydrogen (secondary N) is 2. The van der Waals surface area contributed by atoms with Crippen molar-refractivity contribution >= 4 is 10.2 Å². The SMILES string of the molecule is CCNCCCN1CCCNS1(=O)=O. The highest BCUT2D eigenvalue weighted by molar-refractivity contribution is 7.87. The Morgan fingerprint density at radius 2 is 2.29 bits per heavy atom. The van der Waals surface area contributed by atoms with E-state index < -0.39 is 10.2 Å². The first-order valence-electron chi connectivity index (χ1n) is 5.12. The van der Waals surface area contributed by atoms with Crippen molar-refractivity contribution in [1.29, 1.82) is 0 Å². The van der Waals surface area contributed by atoms with E-state index in [9.17, 15) is 8.42 Å². The van der Waals surface area contributed by atoms with Gasteiger partial charge in [0.05, 0.1) is 0 Å². The van der Waals surface area contributed by atoms with Gasteiger partial charge in [0.1, 0.15) is 0 Å². The second-order valence-corrected chi connectivity index (χ2v) is 5.11. The van der Waals surface area contributed by atoms with Gasteiger partial charge in [0.2, 0.25) is 0 Å². The van der Waals surface area contributed by atoms with Crippen molar-refractivity contribution in [1.82, 2.24) is 14.3 Å². The molecule has 1 heterocycles. The van der Waals surface area contributed by atoms with Crippen molar-refractivity contribution in [2.75, 3.05) is 32.7 Å². The van der Waals surface area contributed by atoms with Crippen LogP contribution < -0.4 is 10.0 Å². The van der Waals surface area contributed by atoms with Gasteiger partial charge < -0.3 is 5.32 Å². The number of hydrogen-bond donors (Lipinski definition) is 2. The smallest absolute Gasteiger partial charge is 0.279 e. The summed E-state index contributed by atoms with van der Waals surface area (Å²) in [7, 11) is -3.16. The van der Waals surface area contributed by atoms with Crippen LogP contribution in [0.2, 0.25) is 0 Å². The Kier molecular flexibility index (Phi) is 4.80. The van der Waals surface area contributed by atoms with Gasteiger partial charge in [-0.25, -0.2) is 4.72 Å². The van der Waals surface area contributed by atoms with Crippen LogP contribution in [0.5, 0.6) is 0 Å². The first-order valence-corrected chi connectivity index (χ1v) is 6.56. The van der Waals surface area contributed by atoms with E-state index in [1.54, 1.807) is 0 Å². The standard InChI is InChI=1S/C8H19N3O2S/c1-2-9-5-3-7-11-8-4-6-10-14(11,12)13/h9-10H,2-8H2,1H3. The monoisotopic (exact) mass is 221 g/mol. The van der Waals surface area contributed by atoms with Crippen molar-refractivity contribution in [3.63, 3.8) is 0 Å². The van der Waals surface area contributed by atoms with Crippen molar-refractivity contribution in [3.05, 3.63) is 0 Å². The van der Waals surface area contributed by atoms with E-state index in [-0.39, 0.29) is 0 Å². The minimum Gasteiger partial charge on any atom is -0.317 e. The summed E-state index contributed by atoms with van der Waals surface area (Å²) < 4.78 is 26.9. The van der Waals surface area contributed by atoms with Crippen LogP contribution in [-0.2, 0) is 10.2 Å². The fraction of sp³-hybridized carbons (Fsp3) is 1.00. The van der Waals surface area contributed by atoms with E-state index in [0.717, 1.165) is 25.9 Å². The van der Waals surface area contributed by atoms with Crippen molar-refractivity contribution in [2.24, 2.45) is 0 Å². The lowest BCUT2D eigenvalue weighted by atomic mass is 10.4. The number of nitrogens with zero attached hydrogens (tertiary/aromatic N) is 1. The molecule has 0 aromatic carbocycles. The quantitative estimate of drug-likeness (QED) is 0.617. The number of rotatable bonds is 5. The summed E-state index contributed by atoms with van der Waals surface area (Å²) in [6, 6.07) is 0. The molecule has 0 atom stereocenters. The topological polar surface area (TPSA) is 61.4 Å². The zero-order chi connectivity index (χ0) is 10.4. The third kappa shape index (κ3) is 3.53. The molecule has 1 aliphatic rings. The molecule has 0 radical (unpaired) electrons. The first-order chi connectivity index (χ1) is 6.67. The molecule has 0 unspecified atom stereocenters.